The topological polar surface area (TPSA) is 63.6 Å². The number of hydrogen-bond donors (Lipinski definition) is 1. The van der Waals surface area contributed by atoms with Crippen molar-refractivity contribution in [2.24, 2.45) is 0 Å². The number of alkyl halides is 3. The van der Waals surface area contributed by atoms with E-state index in [1.165, 1.54) is 6.07 Å². The minimum absolute atomic E-state index is 0.0882. The van der Waals surface area contributed by atoms with Crippen molar-refractivity contribution < 1.29 is 22.7 Å². The number of nitrogens with one attached hydrogen (secondary N) is 1. The summed E-state index contributed by atoms with van der Waals surface area (Å²) in [4.78, 5) is 26.5. The Kier molecular flexibility index (Phi) is 4.52. The molecule has 3 rings (SSSR count). The Labute approximate surface area is 146 Å². The fourth-order valence-corrected chi connectivity index (χ4v) is 3.09. The van der Waals surface area contributed by atoms with E-state index in [9.17, 15) is 22.8 Å². The molecule has 2 aromatic heterocycles. The van der Waals surface area contributed by atoms with Gasteiger partial charge in [-0.15, -0.1) is 0 Å². The Morgan fingerprint density at radius 1 is 1.27 bits per heavy atom. The maximum atomic E-state index is 12.9. The van der Waals surface area contributed by atoms with Crippen molar-refractivity contribution in [3.8, 4) is 0 Å². The Balaban J connectivity index is 2.18. The van der Waals surface area contributed by atoms with Crippen LogP contribution in [0.5, 0.6) is 0 Å². The van der Waals surface area contributed by atoms with Crippen LogP contribution in [0, 0.1) is 6.92 Å². The maximum Gasteiger partial charge on any atom is 0.416 e. The highest BCUT2D eigenvalue weighted by Crippen LogP contribution is 2.31. The molecule has 0 atom stereocenters. The first-order chi connectivity index (χ1) is 12.2. The number of ether oxygens (including phenoxy) is 1. The molecule has 1 aromatic carbocycles. The van der Waals surface area contributed by atoms with Gasteiger partial charge in [-0.25, -0.2) is 0 Å². The van der Waals surface area contributed by atoms with E-state index in [0.29, 0.717) is 28.7 Å². The summed E-state index contributed by atoms with van der Waals surface area (Å²) in [6.45, 7) is 3.73. The van der Waals surface area contributed by atoms with Crippen LogP contribution in [0.3, 0.4) is 0 Å². The third-order valence-corrected chi connectivity index (χ3v) is 4.19. The molecule has 3 aromatic rings. The molecule has 26 heavy (non-hydrogen) atoms. The SMILES string of the molecule is CCOC(=O)CCc1cc(C)c2c(=O)[nH]c3cc(C(F)(F)F)ccc3n12. The van der Waals surface area contributed by atoms with E-state index in [1.54, 1.807) is 24.3 Å². The highest BCUT2D eigenvalue weighted by atomic mass is 19.4. The van der Waals surface area contributed by atoms with Crippen LogP contribution in [-0.2, 0) is 22.1 Å². The lowest BCUT2D eigenvalue weighted by molar-refractivity contribution is -0.143. The van der Waals surface area contributed by atoms with Crippen LogP contribution in [0.2, 0.25) is 0 Å². The van der Waals surface area contributed by atoms with Gasteiger partial charge in [0.2, 0.25) is 0 Å². The molecule has 5 nitrogen and oxygen atoms in total. The monoisotopic (exact) mass is 366 g/mol. The van der Waals surface area contributed by atoms with Crippen molar-refractivity contribution in [1.82, 2.24) is 9.38 Å². The fourth-order valence-electron chi connectivity index (χ4n) is 3.09. The summed E-state index contributed by atoms with van der Waals surface area (Å²) < 4.78 is 45.4. The Morgan fingerprint density at radius 3 is 2.65 bits per heavy atom. The summed E-state index contributed by atoms with van der Waals surface area (Å²) in [5.74, 6) is -0.367. The number of carbonyl (C=O) groups excluding carboxylic acids is 1. The van der Waals surface area contributed by atoms with Crippen LogP contribution < -0.4 is 5.56 Å². The maximum absolute atomic E-state index is 12.9. The van der Waals surface area contributed by atoms with Crippen LogP contribution >= 0.6 is 0 Å². The van der Waals surface area contributed by atoms with E-state index in [2.05, 4.69) is 4.98 Å². The van der Waals surface area contributed by atoms with Gasteiger partial charge in [-0.3, -0.25) is 9.59 Å². The van der Waals surface area contributed by atoms with Crippen LogP contribution in [0.1, 0.15) is 30.2 Å². The van der Waals surface area contributed by atoms with Crippen LogP contribution in [0.4, 0.5) is 13.2 Å². The zero-order valence-electron chi connectivity index (χ0n) is 14.2. The van der Waals surface area contributed by atoms with E-state index < -0.39 is 17.3 Å². The van der Waals surface area contributed by atoms with Crippen LogP contribution in [-0.4, -0.2) is 22.0 Å². The van der Waals surface area contributed by atoms with Crippen molar-refractivity contribution in [3.63, 3.8) is 0 Å². The molecule has 0 saturated carbocycles. The summed E-state index contributed by atoms with van der Waals surface area (Å²) >= 11 is 0. The lowest BCUT2D eigenvalue weighted by Crippen LogP contribution is -2.14. The van der Waals surface area contributed by atoms with Gasteiger partial charge in [0, 0.05) is 5.69 Å². The number of aromatic nitrogens is 2. The van der Waals surface area contributed by atoms with Gasteiger partial charge < -0.3 is 14.1 Å². The molecule has 1 N–H and O–H groups in total. The highest BCUT2D eigenvalue weighted by molar-refractivity contribution is 5.81. The van der Waals surface area contributed by atoms with E-state index in [-0.39, 0.29) is 24.5 Å². The Morgan fingerprint density at radius 2 is 2.00 bits per heavy atom. The molecule has 0 fully saturated rings. The quantitative estimate of drug-likeness (QED) is 0.718. The molecule has 0 spiro atoms. The number of rotatable bonds is 4. The average molecular weight is 366 g/mol. The zero-order chi connectivity index (χ0) is 19.1. The van der Waals surface area contributed by atoms with Crippen molar-refractivity contribution in [3.05, 3.63) is 51.4 Å². The summed E-state index contributed by atoms with van der Waals surface area (Å²) in [5.41, 5.74) is 0.933. The first-order valence-electron chi connectivity index (χ1n) is 8.12. The summed E-state index contributed by atoms with van der Waals surface area (Å²) in [6.07, 6.45) is -4.07. The van der Waals surface area contributed by atoms with E-state index in [0.717, 1.165) is 12.1 Å². The van der Waals surface area contributed by atoms with Gasteiger partial charge in [-0.1, -0.05) is 0 Å². The third kappa shape index (κ3) is 3.18. The van der Waals surface area contributed by atoms with E-state index in [4.69, 9.17) is 4.74 Å². The molecule has 0 aliphatic heterocycles. The number of benzene rings is 1. The molecule has 0 amide bonds. The molecule has 2 heterocycles. The number of hydrogen-bond acceptors (Lipinski definition) is 3. The van der Waals surface area contributed by atoms with Gasteiger partial charge in [0.05, 0.1) is 29.6 Å². The zero-order valence-corrected chi connectivity index (χ0v) is 14.2. The molecule has 0 radical (unpaired) electrons. The van der Waals surface area contributed by atoms with Crippen molar-refractivity contribution in [2.75, 3.05) is 6.61 Å². The molecule has 0 aliphatic rings. The number of fused-ring (bicyclic) bond motifs is 3. The largest absolute Gasteiger partial charge is 0.466 e. The smallest absolute Gasteiger partial charge is 0.416 e. The molecule has 8 heteroatoms. The van der Waals surface area contributed by atoms with Gasteiger partial charge in [0.15, 0.2) is 0 Å². The number of H-pyrrole nitrogens is 1. The van der Waals surface area contributed by atoms with Crippen LogP contribution in [0.15, 0.2) is 29.1 Å². The average Bonchev–Trinajstić information content (AvgIpc) is 2.89. The Hall–Kier alpha value is -2.77. The van der Waals surface area contributed by atoms with Crippen molar-refractivity contribution in [1.29, 1.82) is 0 Å². The lowest BCUT2D eigenvalue weighted by atomic mass is 10.1. The first-order valence-corrected chi connectivity index (χ1v) is 8.12. The van der Waals surface area contributed by atoms with Gasteiger partial charge in [0.1, 0.15) is 5.52 Å². The van der Waals surface area contributed by atoms with Gasteiger partial charge in [0.25, 0.3) is 5.56 Å². The molecule has 0 unspecified atom stereocenters. The predicted octanol–water partition coefficient (Wildman–Crippen LogP) is 3.60. The van der Waals surface area contributed by atoms with E-state index in [1.807, 2.05) is 0 Å². The van der Waals surface area contributed by atoms with Gasteiger partial charge in [-0.05, 0) is 50.1 Å². The molecular weight excluding hydrogens is 349 g/mol. The number of aromatic amines is 1. The normalized spacial score (nSPS) is 12.0. The Bertz CT molecular complexity index is 1050. The molecule has 0 saturated heterocycles. The highest BCUT2D eigenvalue weighted by Gasteiger charge is 2.30. The summed E-state index contributed by atoms with van der Waals surface area (Å²) in [7, 11) is 0. The number of halogens is 3. The number of aryl methyl sites for hydroxylation is 2. The van der Waals surface area contributed by atoms with Crippen molar-refractivity contribution in [2.45, 2.75) is 32.9 Å². The minimum atomic E-state index is -4.50. The summed E-state index contributed by atoms with van der Waals surface area (Å²) in [6, 6.07) is 4.99. The minimum Gasteiger partial charge on any atom is -0.466 e. The lowest BCUT2D eigenvalue weighted by Gasteiger charge is -2.11. The summed E-state index contributed by atoms with van der Waals surface area (Å²) in [5, 5.41) is 0. The number of nitrogens with zero attached hydrogens (tertiary/aromatic N) is 1. The van der Waals surface area contributed by atoms with E-state index >= 15 is 0 Å². The van der Waals surface area contributed by atoms with Crippen molar-refractivity contribution >= 4 is 22.5 Å². The van der Waals surface area contributed by atoms with Crippen LogP contribution in [0.25, 0.3) is 16.6 Å². The first kappa shape index (κ1) is 18.0. The van der Waals surface area contributed by atoms with Gasteiger partial charge in [-0.2, -0.15) is 13.2 Å². The number of carbonyl (C=O) groups is 1. The third-order valence-electron chi connectivity index (χ3n) is 4.19. The molecule has 0 aliphatic carbocycles. The second-order valence-electron chi connectivity index (χ2n) is 5.99. The standard InChI is InChI=1S/C18H17F3N2O3/c1-3-26-15(24)7-5-12-8-10(2)16-17(25)22-13-9-11(18(19,20)21)4-6-14(13)23(12)16/h4,6,8-9H,3,5,7H2,1-2H3,(H,22,25). The second kappa shape index (κ2) is 6.51. The molecular formula is C18H17F3N2O3. The molecule has 0 bridgehead atoms. The van der Waals surface area contributed by atoms with Gasteiger partial charge >= 0.3 is 12.1 Å². The second-order valence-corrected chi connectivity index (χ2v) is 5.99. The predicted molar refractivity (Wildman–Crippen MR) is 90.2 cm³/mol. The fraction of sp³-hybridized carbons (Fsp3) is 0.333. The molecule has 138 valence electrons. The number of esters is 1.